The molecule has 0 aromatic carbocycles. The Morgan fingerprint density at radius 1 is 1.38 bits per heavy atom. The average molecular weight is 222 g/mol. The van der Waals surface area contributed by atoms with Crippen molar-refractivity contribution in [3.8, 4) is 0 Å². The molecule has 4 nitrogen and oxygen atoms in total. The average Bonchev–Trinajstić information content (AvgIpc) is 2.46. The van der Waals surface area contributed by atoms with Crippen molar-refractivity contribution in [2.75, 3.05) is 23.7 Å². The lowest BCUT2D eigenvalue weighted by Gasteiger charge is -2.18. The van der Waals surface area contributed by atoms with E-state index < -0.39 is 0 Å². The number of fused-ring (bicyclic) bond motifs is 1. The van der Waals surface area contributed by atoms with Crippen molar-refractivity contribution in [2.24, 2.45) is 11.8 Å². The summed E-state index contributed by atoms with van der Waals surface area (Å²) in [6, 6.07) is 0. The molecule has 1 aliphatic rings. The second kappa shape index (κ2) is 4.36. The Kier molecular flexibility index (Phi) is 3.08. The summed E-state index contributed by atoms with van der Waals surface area (Å²) in [6.45, 7) is 11.7. The molecule has 0 radical (unpaired) electrons. The molecule has 0 saturated carbocycles. The van der Waals surface area contributed by atoms with Gasteiger partial charge in [0.25, 0.3) is 0 Å². The fraction of sp³-hybridized carbons (Fsp3) is 0.750. The van der Waals surface area contributed by atoms with Crippen LogP contribution in [0.1, 0.15) is 26.5 Å². The summed E-state index contributed by atoms with van der Waals surface area (Å²) in [7, 11) is 0. The first-order valence-corrected chi connectivity index (χ1v) is 6.18. The molecule has 1 aromatic rings. The van der Waals surface area contributed by atoms with Crippen LogP contribution in [0.25, 0.3) is 0 Å². The summed E-state index contributed by atoms with van der Waals surface area (Å²) < 4.78 is 2.04. The molecule has 0 aliphatic carbocycles. The van der Waals surface area contributed by atoms with Crippen LogP contribution in [0.2, 0.25) is 0 Å². The van der Waals surface area contributed by atoms with E-state index in [0.717, 1.165) is 31.1 Å². The third-order valence-corrected chi connectivity index (χ3v) is 3.44. The lowest BCUT2D eigenvalue weighted by molar-refractivity contribution is 0.424. The first-order valence-electron chi connectivity index (χ1n) is 6.18. The number of nitrogens with one attached hydrogen (secondary N) is 2. The van der Waals surface area contributed by atoms with Crippen molar-refractivity contribution >= 4 is 11.5 Å². The summed E-state index contributed by atoms with van der Waals surface area (Å²) in [5.41, 5.74) is 2.28. The van der Waals surface area contributed by atoms with Crippen LogP contribution in [0.4, 0.5) is 11.5 Å². The highest BCUT2D eigenvalue weighted by atomic mass is 15.3. The van der Waals surface area contributed by atoms with Crippen molar-refractivity contribution < 1.29 is 0 Å². The molecule has 0 spiro atoms. The maximum Gasteiger partial charge on any atom is 0.148 e. The molecule has 1 aromatic heterocycles. The van der Waals surface area contributed by atoms with Crippen molar-refractivity contribution in [1.29, 1.82) is 0 Å². The second-order valence-electron chi connectivity index (χ2n) is 4.89. The molecule has 2 rings (SSSR count). The topological polar surface area (TPSA) is 41.9 Å². The number of anilines is 2. The van der Waals surface area contributed by atoms with Gasteiger partial charge < -0.3 is 10.6 Å². The van der Waals surface area contributed by atoms with Crippen LogP contribution in [-0.2, 0) is 6.54 Å². The van der Waals surface area contributed by atoms with Crippen molar-refractivity contribution in [3.63, 3.8) is 0 Å². The SMILES string of the molecule is CCn1nc(C)c2c1NCC(C(C)C)CN2. The minimum absolute atomic E-state index is 0.678. The van der Waals surface area contributed by atoms with E-state index in [2.05, 4.69) is 43.4 Å². The Labute approximate surface area is 97.4 Å². The van der Waals surface area contributed by atoms with E-state index in [1.54, 1.807) is 0 Å². The van der Waals surface area contributed by atoms with Crippen LogP contribution in [0, 0.1) is 18.8 Å². The van der Waals surface area contributed by atoms with Crippen LogP contribution in [-0.4, -0.2) is 22.9 Å². The minimum atomic E-state index is 0.678. The predicted molar refractivity (Wildman–Crippen MR) is 67.9 cm³/mol. The lowest BCUT2D eigenvalue weighted by Crippen LogP contribution is -2.24. The van der Waals surface area contributed by atoms with Crippen molar-refractivity contribution in [1.82, 2.24) is 9.78 Å². The quantitative estimate of drug-likeness (QED) is 0.807. The number of rotatable bonds is 2. The monoisotopic (exact) mass is 222 g/mol. The van der Waals surface area contributed by atoms with Gasteiger partial charge in [-0.25, -0.2) is 4.68 Å². The summed E-state index contributed by atoms with van der Waals surface area (Å²) in [5, 5.41) is 11.6. The third-order valence-electron chi connectivity index (χ3n) is 3.44. The van der Waals surface area contributed by atoms with Crippen LogP contribution in [0.15, 0.2) is 0 Å². The summed E-state index contributed by atoms with van der Waals surface area (Å²) in [6.07, 6.45) is 0. The largest absolute Gasteiger partial charge is 0.380 e. The summed E-state index contributed by atoms with van der Waals surface area (Å²) in [4.78, 5) is 0. The number of aryl methyl sites for hydroxylation is 2. The molecule has 0 fully saturated rings. The number of nitrogens with zero attached hydrogens (tertiary/aromatic N) is 2. The van der Waals surface area contributed by atoms with E-state index in [9.17, 15) is 0 Å². The van der Waals surface area contributed by atoms with E-state index in [1.165, 1.54) is 5.69 Å². The highest BCUT2D eigenvalue weighted by Crippen LogP contribution is 2.29. The van der Waals surface area contributed by atoms with Crippen LogP contribution >= 0.6 is 0 Å². The smallest absolute Gasteiger partial charge is 0.148 e. The molecule has 2 heterocycles. The fourth-order valence-electron chi connectivity index (χ4n) is 2.21. The zero-order valence-electron chi connectivity index (χ0n) is 10.7. The molecule has 90 valence electrons. The maximum absolute atomic E-state index is 4.51. The predicted octanol–water partition coefficient (Wildman–Crippen LogP) is 2.32. The first-order chi connectivity index (χ1) is 7.63. The zero-order chi connectivity index (χ0) is 11.7. The molecule has 1 aliphatic heterocycles. The summed E-state index contributed by atoms with van der Waals surface area (Å²) in [5.74, 6) is 2.53. The van der Waals surface area contributed by atoms with E-state index >= 15 is 0 Å². The van der Waals surface area contributed by atoms with E-state index in [0.29, 0.717) is 11.8 Å². The van der Waals surface area contributed by atoms with Gasteiger partial charge in [-0.2, -0.15) is 5.10 Å². The van der Waals surface area contributed by atoms with Crippen molar-refractivity contribution in [3.05, 3.63) is 5.69 Å². The van der Waals surface area contributed by atoms with Crippen LogP contribution in [0.3, 0.4) is 0 Å². The Bertz CT molecular complexity index is 367. The molecule has 1 atom stereocenters. The van der Waals surface area contributed by atoms with Gasteiger partial charge in [0.05, 0.1) is 5.69 Å². The lowest BCUT2D eigenvalue weighted by atomic mass is 9.96. The van der Waals surface area contributed by atoms with Crippen LogP contribution in [0.5, 0.6) is 0 Å². The van der Waals surface area contributed by atoms with Crippen molar-refractivity contribution in [2.45, 2.75) is 34.2 Å². The molecular formula is C12H22N4. The standard InChI is InChI=1S/C12H22N4/c1-5-16-12-11(9(4)15-16)13-6-10(7-14-12)8(2)3/h8,10,13-14H,5-7H2,1-4H3. The Balaban J connectivity index is 2.24. The number of hydrogen-bond acceptors (Lipinski definition) is 3. The Morgan fingerprint density at radius 3 is 2.69 bits per heavy atom. The van der Waals surface area contributed by atoms with E-state index in [4.69, 9.17) is 0 Å². The molecule has 16 heavy (non-hydrogen) atoms. The molecule has 0 amide bonds. The minimum Gasteiger partial charge on any atom is -0.380 e. The highest BCUT2D eigenvalue weighted by molar-refractivity contribution is 5.68. The van der Waals surface area contributed by atoms with E-state index in [1.807, 2.05) is 4.68 Å². The second-order valence-corrected chi connectivity index (χ2v) is 4.89. The molecule has 2 N–H and O–H groups in total. The third kappa shape index (κ3) is 1.88. The molecule has 4 heteroatoms. The molecule has 0 bridgehead atoms. The van der Waals surface area contributed by atoms with E-state index in [-0.39, 0.29) is 0 Å². The normalized spacial score (nSPS) is 19.9. The Morgan fingerprint density at radius 2 is 2.06 bits per heavy atom. The van der Waals surface area contributed by atoms with Crippen LogP contribution < -0.4 is 10.6 Å². The fourth-order valence-corrected chi connectivity index (χ4v) is 2.21. The summed E-state index contributed by atoms with van der Waals surface area (Å²) >= 11 is 0. The highest BCUT2D eigenvalue weighted by Gasteiger charge is 2.22. The van der Waals surface area contributed by atoms with Gasteiger partial charge in [0, 0.05) is 19.6 Å². The number of aromatic nitrogens is 2. The first kappa shape index (κ1) is 11.3. The molecule has 1 unspecified atom stereocenters. The van der Waals surface area contributed by atoms with Gasteiger partial charge >= 0.3 is 0 Å². The van der Waals surface area contributed by atoms with Gasteiger partial charge in [-0.1, -0.05) is 13.8 Å². The van der Waals surface area contributed by atoms with Gasteiger partial charge in [-0.05, 0) is 25.7 Å². The van der Waals surface area contributed by atoms with Gasteiger partial charge in [0.1, 0.15) is 11.5 Å². The van der Waals surface area contributed by atoms with Gasteiger partial charge in [0.2, 0.25) is 0 Å². The Hall–Kier alpha value is -1.19. The molecular weight excluding hydrogens is 200 g/mol. The van der Waals surface area contributed by atoms with Gasteiger partial charge in [-0.3, -0.25) is 0 Å². The van der Waals surface area contributed by atoms with Gasteiger partial charge in [0.15, 0.2) is 0 Å². The number of hydrogen-bond donors (Lipinski definition) is 2. The van der Waals surface area contributed by atoms with Gasteiger partial charge in [-0.15, -0.1) is 0 Å². The maximum atomic E-state index is 4.51. The zero-order valence-corrected chi connectivity index (χ0v) is 10.7. The molecule has 0 saturated heterocycles.